The van der Waals surface area contributed by atoms with E-state index in [4.69, 9.17) is 0 Å². The molecule has 0 fully saturated rings. The third-order valence-corrected chi connectivity index (χ3v) is 3.89. The van der Waals surface area contributed by atoms with Crippen LogP contribution in [-0.2, 0) is 10.0 Å². The minimum atomic E-state index is -3.50. The van der Waals surface area contributed by atoms with Crippen LogP contribution in [0.15, 0.2) is 54.7 Å². The molecule has 110 valence electrons. The Hall–Kier alpha value is -2.41. The van der Waals surface area contributed by atoms with Crippen LogP contribution >= 0.6 is 0 Å². The SMILES string of the molecule is O=C(NCCS(=O)(=O)Nc1ccccc1)c1ccccn1. The van der Waals surface area contributed by atoms with E-state index in [1.807, 2.05) is 0 Å². The van der Waals surface area contributed by atoms with Crippen molar-refractivity contribution in [1.29, 1.82) is 0 Å². The molecule has 0 radical (unpaired) electrons. The number of pyridine rings is 1. The molecule has 1 amide bonds. The van der Waals surface area contributed by atoms with Gasteiger partial charge in [0.05, 0.1) is 5.75 Å². The van der Waals surface area contributed by atoms with Gasteiger partial charge in [-0.1, -0.05) is 24.3 Å². The average Bonchev–Trinajstić information content (AvgIpc) is 2.48. The maximum atomic E-state index is 11.8. The van der Waals surface area contributed by atoms with Crippen molar-refractivity contribution in [2.24, 2.45) is 0 Å². The molecule has 6 nitrogen and oxygen atoms in total. The lowest BCUT2D eigenvalue weighted by Gasteiger charge is -2.08. The van der Waals surface area contributed by atoms with Crippen LogP contribution < -0.4 is 10.0 Å². The highest BCUT2D eigenvalue weighted by atomic mass is 32.2. The van der Waals surface area contributed by atoms with Crippen LogP contribution in [-0.4, -0.2) is 31.6 Å². The second-order valence-electron chi connectivity index (χ2n) is 4.26. The Bertz CT molecular complexity index is 688. The number of rotatable bonds is 6. The van der Waals surface area contributed by atoms with Gasteiger partial charge in [0, 0.05) is 18.4 Å². The molecule has 0 saturated carbocycles. The van der Waals surface area contributed by atoms with E-state index in [0.717, 1.165) is 0 Å². The van der Waals surface area contributed by atoms with Gasteiger partial charge in [-0.25, -0.2) is 8.42 Å². The summed E-state index contributed by atoms with van der Waals surface area (Å²) in [7, 11) is -3.50. The van der Waals surface area contributed by atoms with Gasteiger partial charge in [0.15, 0.2) is 0 Å². The quantitative estimate of drug-likeness (QED) is 0.841. The number of amides is 1. The monoisotopic (exact) mass is 305 g/mol. The van der Waals surface area contributed by atoms with E-state index >= 15 is 0 Å². The third-order valence-electron chi connectivity index (χ3n) is 2.60. The van der Waals surface area contributed by atoms with Crippen LogP contribution in [0.4, 0.5) is 5.69 Å². The first-order valence-electron chi connectivity index (χ1n) is 6.31. The van der Waals surface area contributed by atoms with Gasteiger partial charge < -0.3 is 5.32 Å². The largest absolute Gasteiger partial charge is 0.350 e. The number of sulfonamides is 1. The standard InChI is InChI=1S/C14H15N3O3S/c18-14(13-8-4-5-9-15-13)16-10-11-21(19,20)17-12-6-2-1-3-7-12/h1-9,17H,10-11H2,(H,16,18). The van der Waals surface area contributed by atoms with E-state index in [-0.39, 0.29) is 18.0 Å². The Balaban J connectivity index is 1.84. The molecule has 1 aromatic heterocycles. The molecule has 0 spiro atoms. The topological polar surface area (TPSA) is 88.2 Å². The first-order chi connectivity index (χ1) is 10.1. The highest BCUT2D eigenvalue weighted by Crippen LogP contribution is 2.07. The zero-order valence-corrected chi connectivity index (χ0v) is 12.0. The van der Waals surface area contributed by atoms with Gasteiger partial charge >= 0.3 is 0 Å². The number of nitrogens with one attached hydrogen (secondary N) is 2. The molecule has 2 N–H and O–H groups in total. The van der Waals surface area contributed by atoms with Gasteiger partial charge in [-0.15, -0.1) is 0 Å². The van der Waals surface area contributed by atoms with Crippen LogP contribution in [0.2, 0.25) is 0 Å². The number of hydrogen-bond donors (Lipinski definition) is 2. The Morgan fingerprint density at radius 2 is 1.76 bits per heavy atom. The Labute approximate surface area is 123 Å². The van der Waals surface area contributed by atoms with Gasteiger partial charge in [-0.2, -0.15) is 0 Å². The van der Waals surface area contributed by atoms with Crippen LogP contribution in [0.3, 0.4) is 0 Å². The minimum Gasteiger partial charge on any atom is -0.350 e. The van der Waals surface area contributed by atoms with Gasteiger partial charge in [0.2, 0.25) is 10.0 Å². The molecule has 1 heterocycles. The van der Waals surface area contributed by atoms with E-state index in [1.54, 1.807) is 48.5 Å². The molecule has 0 aliphatic rings. The molecule has 0 unspecified atom stereocenters. The zero-order valence-electron chi connectivity index (χ0n) is 11.2. The maximum Gasteiger partial charge on any atom is 0.269 e. The summed E-state index contributed by atoms with van der Waals surface area (Å²) in [6.07, 6.45) is 1.50. The van der Waals surface area contributed by atoms with E-state index in [1.165, 1.54) is 6.20 Å². The lowest BCUT2D eigenvalue weighted by molar-refractivity contribution is 0.0951. The highest BCUT2D eigenvalue weighted by Gasteiger charge is 2.12. The minimum absolute atomic E-state index is 0.0115. The van der Waals surface area contributed by atoms with Gasteiger partial charge in [0.25, 0.3) is 5.91 Å². The number of carbonyl (C=O) groups is 1. The molecule has 2 rings (SSSR count). The maximum absolute atomic E-state index is 11.8. The van der Waals surface area contributed by atoms with Crippen LogP contribution in [0.25, 0.3) is 0 Å². The van der Waals surface area contributed by atoms with E-state index in [2.05, 4.69) is 15.0 Å². The van der Waals surface area contributed by atoms with Crippen molar-refractivity contribution in [3.63, 3.8) is 0 Å². The molecular weight excluding hydrogens is 290 g/mol. The van der Waals surface area contributed by atoms with Gasteiger partial charge in [-0.05, 0) is 24.3 Å². The second kappa shape index (κ2) is 6.85. The van der Waals surface area contributed by atoms with Crippen molar-refractivity contribution in [3.05, 3.63) is 60.4 Å². The van der Waals surface area contributed by atoms with Crippen molar-refractivity contribution < 1.29 is 13.2 Å². The highest BCUT2D eigenvalue weighted by molar-refractivity contribution is 7.92. The smallest absolute Gasteiger partial charge is 0.269 e. The lowest BCUT2D eigenvalue weighted by atomic mass is 10.3. The number of anilines is 1. The summed E-state index contributed by atoms with van der Waals surface area (Å²) in [5.41, 5.74) is 0.750. The predicted octanol–water partition coefficient (Wildman–Crippen LogP) is 1.25. The number of hydrogen-bond acceptors (Lipinski definition) is 4. The van der Waals surface area contributed by atoms with Crippen LogP contribution in [0.5, 0.6) is 0 Å². The zero-order chi connectivity index (χ0) is 15.1. The Morgan fingerprint density at radius 1 is 1.05 bits per heavy atom. The van der Waals surface area contributed by atoms with Crippen molar-refractivity contribution in [2.45, 2.75) is 0 Å². The summed E-state index contributed by atoms with van der Waals surface area (Å²) in [6, 6.07) is 13.5. The van der Waals surface area contributed by atoms with Crippen molar-refractivity contribution in [1.82, 2.24) is 10.3 Å². The summed E-state index contributed by atoms with van der Waals surface area (Å²) in [4.78, 5) is 15.6. The van der Waals surface area contributed by atoms with Gasteiger partial charge in [-0.3, -0.25) is 14.5 Å². The molecule has 0 aliphatic heterocycles. The van der Waals surface area contributed by atoms with E-state index in [0.29, 0.717) is 5.69 Å². The summed E-state index contributed by atoms with van der Waals surface area (Å²) in [5.74, 6) is -0.606. The third kappa shape index (κ3) is 4.88. The number of para-hydroxylation sites is 1. The number of benzene rings is 1. The fourth-order valence-corrected chi connectivity index (χ4v) is 2.59. The molecule has 21 heavy (non-hydrogen) atoms. The van der Waals surface area contributed by atoms with Crippen molar-refractivity contribution >= 4 is 21.6 Å². The molecule has 0 saturated heterocycles. The fraction of sp³-hybridized carbons (Fsp3) is 0.143. The second-order valence-corrected chi connectivity index (χ2v) is 6.10. The first kappa shape index (κ1) is 15.0. The fourth-order valence-electron chi connectivity index (χ4n) is 1.62. The number of aromatic nitrogens is 1. The molecule has 0 atom stereocenters. The Kier molecular flexibility index (Phi) is 4.89. The Morgan fingerprint density at radius 3 is 2.43 bits per heavy atom. The molecule has 0 aliphatic carbocycles. The van der Waals surface area contributed by atoms with Crippen molar-refractivity contribution in [3.8, 4) is 0 Å². The normalized spacial score (nSPS) is 10.9. The predicted molar refractivity (Wildman–Crippen MR) is 80.4 cm³/mol. The average molecular weight is 305 g/mol. The van der Waals surface area contributed by atoms with Crippen LogP contribution in [0, 0.1) is 0 Å². The van der Waals surface area contributed by atoms with E-state index < -0.39 is 15.9 Å². The lowest BCUT2D eigenvalue weighted by Crippen LogP contribution is -2.31. The molecule has 2 aromatic rings. The van der Waals surface area contributed by atoms with Gasteiger partial charge in [0.1, 0.15) is 5.69 Å². The van der Waals surface area contributed by atoms with Crippen LogP contribution in [0.1, 0.15) is 10.5 Å². The van der Waals surface area contributed by atoms with Crippen molar-refractivity contribution in [2.75, 3.05) is 17.0 Å². The summed E-state index contributed by atoms with van der Waals surface area (Å²) in [6.45, 7) is 0.0115. The molecule has 0 bridgehead atoms. The summed E-state index contributed by atoms with van der Waals surface area (Å²) >= 11 is 0. The molecular formula is C14H15N3O3S. The number of nitrogens with zero attached hydrogens (tertiary/aromatic N) is 1. The van der Waals surface area contributed by atoms with E-state index in [9.17, 15) is 13.2 Å². The number of carbonyl (C=O) groups excluding carboxylic acids is 1. The molecule has 7 heteroatoms. The first-order valence-corrected chi connectivity index (χ1v) is 7.97. The summed E-state index contributed by atoms with van der Waals surface area (Å²) < 4.78 is 26.1. The molecule has 1 aromatic carbocycles. The summed E-state index contributed by atoms with van der Waals surface area (Å²) in [5, 5.41) is 2.52.